The van der Waals surface area contributed by atoms with Crippen molar-refractivity contribution in [3.05, 3.63) is 11.6 Å². The summed E-state index contributed by atoms with van der Waals surface area (Å²) in [6.45, 7) is 6.81. The van der Waals surface area contributed by atoms with Crippen LogP contribution in [0.5, 0.6) is 0 Å². The molecule has 0 aromatic rings. The highest BCUT2D eigenvalue weighted by Crippen LogP contribution is 2.18. The number of hydrogen-bond acceptors (Lipinski definition) is 0. The van der Waals surface area contributed by atoms with E-state index in [4.69, 9.17) is 0 Å². The van der Waals surface area contributed by atoms with E-state index in [0.29, 0.717) is 0 Å². The minimum absolute atomic E-state index is 0.917. The van der Waals surface area contributed by atoms with E-state index < -0.39 is 0 Å². The van der Waals surface area contributed by atoms with Crippen molar-refractivity contribution in [2.75, 3.05) is 5.33 Å². The van der Waals surface area contributed by atoms with Crippen molar-refractivity contribution in [1.82, 2.24) is 0 Å². The summed E-state index contributed by atoms with van der Waals surface area (Å²) in [6, 6.07) is 0. The largest absolute Gasteiger partial charge is 0.0928 e. The molecular weight excluding hydrogens is 236 g/mol. The number of rotatable bonds is 8. The van der Waals surface area contributed by atoms with E-state index in [2.05, 4.69) is 42.8 Å². The molecule has 0 fully saturated rings. The molecule has 14 heavy (non-hydrogen) atoms. The van der Waals surface area contributed by atoms with Crippen LogP contribution in [0, 0.1) is 5.92 Å². The molecule has 0 N–H and O–H groups in total. The fraction of sp³-hybridized carbons (Fsp3) is 0.846. The Bertz CT molecular complexity index is 143. The Morgan fingerprint density at radius 1 is 1.14 bits per heavy atom. The van der Waals surface area contributed by atoms with Gasteiger partial charge in [0.1, 0.15) is 0 Å². The minimum Gasteiger partial charge on any atom is -0.0928 e. The van der Waals surface area contributed by atoms with Gasteiger partial charge in [-0.15, -0.1) is 0 Å². The third-order valence-electron chi connectivity index (χ3n) is 3.01. The van der Waals surface area contributed by atoms with Gasteiger partial charge in [0.05, 0.1) is 0 Å². The zero-order valence-corrected chi connectivity index (χ0v) is 11.6. The normalized spacial score (nSPS) is 12.6. The Morgan fingerprint density at radius 2 is 1.79 bits per heavy atom. The second kappa shape index (κ2) is 9.76. The zero-order chi connectivity index (χ0) is 10.8. The van der Waals surface area contributed by atoms with Gasteiger partial charge in [-0.25, -0.2) is 0 Å². The molecule has 0 aliphatic heterocycles. The first-order valence-corrected chi connectivity index (χ1v) is 7.14. The first kappa shape index (κ1) is 14.2. The molecule has 0 spiro atoms. The first-order valence-electron chi connectivity index (χ1n) is 6.02. The summed E-state index contributed by atoms with van der Waals surface area (Å²) in [7, 11) is 0. The molecule has 0 aromatic carbocycles. The van der Waals surface area contributed by atoms with Gasteiger partial charge in [0.2, 0.25) is 0 Å². The molecule has 0 aliphatic carbocycles. The van der Waals surface area contributed by atoms with Crippen LogP contribution in [0.1, 0.15) is 59.3 Å². The van der Waals surface area contributed by atoms with Gasteiger partial charge in [0.15, 0.2) is 0 Å². The van der Waals surface area contributed by atoms with E-state index in [1.807, 2.05) is 0 Å². The number of hydrogen-bond donors (Lipinski definition) is 0. The van der Waals surface area contributed by atoms with Crippen LogP contribution in [0.3, 0.4) is 0 Å². The van der Waals surface area contributed by atoms with Gasteiger partial charge in [-0.3, -0.25) is 0 Å². The van der Waals surface area contributed by atoms with Crippen LogP contribution in [0.25, 0.3) is 0 Å². The fourth-order valence-corrected chi connectivity index (χ4v) is 2.42. The second-order valence-corrected chi connectivity index (χ2v) is 4.69. The van der Waals surface area contributed by atoms with Crippen LogP contribution in [-0.4, -0.2) is 5.33 Å². The molecule has 0 rings (SSSR count). The maximum absolute atomic E-state index is 3.52. The SMILES string of the molecule is CCC(=CCCC(CC)CCBr)CC. The molecule has 0 saturated heterocycles. The molecular formula is C13H25Br. The third-order valence-corrected chi connectivity index (χ3v) is 3.47. The topological polar surface area (TPSA) is 0 Å². The quantitative estimate of drug-likeness (QED) is 0.409. The van der Waals surface area contributed by atoms with Crippen LogP contribution >= 0.6 is 15.9 Å². The molecule has 0 heterocycles. The van der Waals surface area contributed by atoms with E-state index in [1.165, 1.54) is 38.5 Å². The van der Waals surface area contributed by atoms with Gasteiger partial charge in [-0.05, 0) is 38.0 Å². The molecule has 0 aromatic heterocycles. The molecule has 1 atom stereocenters. The molecule has 0 aliphatic rings. The summed E-state index contributed by atoms with van der Waals surface area (Å²) in [4.78, 5) is 0. The molecule has 0 radical (unpaired) electrons. The monoisotopic (exact) mass is 260 g/mol. The average molecular weight is 261 g/mol. The third kappa shape index (κ3) is 6.64. The lowest BCUT2D eigenvalue weighted by atomic mass is 9.96. The summed E-state index contributed by atoms with van der Waals surface area (Å²) >= 11 is 3.52. The van der Waals surface area contributed by atoms with Crippen molar-refractivity contribution in [2.45, 2.75) is 59.3 Å². The zero-order valence-electron chi connectivity index (χ0n) is 9.98. The van der Waals surface area contributed by atoms with Crippen LogP contribution in [0.15, 0.2) is 11.6 Å². The number of alkyl halides is 1. The van der Waals surface area contributed by atoms with Gasteiger partial charge < -0.3 is 0 Å². The molecule has 1 heteroatoms. The number of allylic oxidation sites excluding steroid dienone is 2. The molecule has 0 amide bonds. The van der Waals surface area contributed by atoms with Crippen LogP contribution < -0.4 is 0 Å². The highest BCUT2D eigenvalue weighted by molar-refractivity contribution is 9.09. The molecule has 0 saturated carbocycles. The Hall–Kier alpha value is 0.220. The predicted octanol–water partition coefficient (Wildman–Crippen LogP) is 5.32. The van der Waals surface area contributed by atoms with Crippen molar-refractivity contribution in [2.24, 2.45) is 5.92 Å². The molecule has 0 bridgehead atoms. The van der Waals surface area contributed by atoms with E-state index in [1.54, 1.807) is 5.57 Å². The Balaban J connectivity index is 3.73. The van der Waals surface area contributed by atoms with E-state index in [0.717, 1.165) is 11.2 Å². The molecule has 0 nitrogen and oxygen atoms in total. The van der Waals surface area contributed by atoms with Crippen LogP contribution in [-0.2, 0) is 0 Å². The summed E-state index contributed by atoms with van der Waals surface area (Å²) < 4.78 is 0. The summed E-state index contributed by atoms with van der Waals surface area (Å²) in [5, 5.41) is 1.16. The minimum atomic E-state index is 0.917. The molecule has 1 unspecified atom stereocenters. The lowest BCUT2D eigenvalue weighted by Crippen LogP contribution is -1.98. The smallest absolute Gasteiger partial charge is 0.00339 e. The van der Waals surface area contributed by atoms with Crippen molar-refractivity contribution in [1.29, 1.82) is 0 Å². The Morgan fingerprint density at radius 3 is 2.21 bits per heavy atom. The van der Waals surface area contributed by atoms with Crippen LogP contribution in [0.2, 0.25) is 0 Å². The summed E-state index contributed by atoms with van der Waals surface area (Å²) in [5.41, 5.74) is 1.62. The first-order chi connectivity index (χ1) is 6.78. The number of halogens is 1. The fourth-order valence-electron chi connectivity index (χ4n) is 1.77. The van der Waals surface area contributed by atoms with Crippen molar-refractivity contribution in [3.63, 3.8) is 0 Å². The predicted molar refractivity (Wildman–Crippen MR) is 70.1 cm³/mol. The van der Waals surface area contributed by atoms with Crippen molar-refractivity contribution < 1.29 is 0 Å². The summed E-state index contributed by atoms with van der Waals surface area (Å²) in [6.07, 6.45) is 10.2. The van der Waals surface area contributed by atoms with E-state index >= 15 is 0 Å². The van der Waals surface area contributed by atoms with E-state index in [-0.39, 0.29) is 0 Å². The van der Waals surface area contributed by atoms with Gasteiger partial charge in [0.25, 0.3) is 0 Å². The van der Waals surface area contributed by atoms with Gasteiger partial charge in [-0.1, -0.05) is 54.8 Å². The second-order valence-electron chi connectivity index (χ2n) is 3.90. The average Bonchev–Trinajstić information content (AvgIpc) is 2.23. The lowest BCUT2D eigenvalue weighted by Gasteiger charge is -2.11. The Labute approximate surface area is 98.3 Å². The van der Waals surface area contributed by atoms with Crippen LogP contribution in [0.4, 0.5) is 0 Å². The van der Waals surface area contributed by atoms with Gasteiger partial charge >= 0.3 is 0 Å². The van der Waals surface area contributed by atoms with Crippen molar-refractivity contribution in [3.8, 4) is 0 Å². The Kier molecular flexibility index (Phi) is 9.92. The maximum atomic E-state index is 3.52. The molecule has 84 valence electrons. The standard InChI is InChI=1S/C13H25Br/c1-4-12(5-2)8-7-9-13(6-3)10-11-14/h8,13H,4-7,9-11H2,1-3H3. The summed E-state index contributed by atoms with van der Waals surface area (Å²) in [5.74, 6) is 0.917. The van der Waals surface area contributed by atoms with Gasteiger partial charge in [-0.2, -0.15) is 0 Å². The lowest BCUT2D eigenvalue weighted by molar-refractivity contribution is 0.464. The maximum Gasteiger partial charge on any atom is 0.00339 e. The van der Waals surface area contributed by atoms with E-state index in [9.17, 15) is 0 Å². The highest BCUT2D eigenvalue weighted by Gasteiger charge is 2.03. The highest BCUT2D eigenvalue weighted by atomic mass is 79.9. The van der Waals surface area contributed by atoms with Gasteiger partial charge in [0, 0.05) is 5.33 Å². The van der Waals surface area contributed by atoms with Crippen molar-refractivity contribution >= 4 is 15.9 Å².